The molecule has 3 rings (SSSR count). The molecule has 1 aliphatic heterocycles. The SMILES string of the molecule is Cc1sccc1CC(=O)N(C)[C@@H]1CCO[C@H](c2ccc(F)cc2)C1. The summed E-state index contributed by atoms with van der Waals surface area (Å²) in [5, 5.41) is 2.02. The Morgan fingerprint density at radius 1 is 1.33 bits per heavy atom. The third-order valence-corrected chi connectivity index (χ3v) is 5.64. The second kappa shape index (κ2) is 7.45. The summed E-state index contributed by atoms with van der Waals surface area (Å²) in [5.74, 6) is -0.106. The Morgan fingerprint density at radius 3 is 2.75 bits per heavy atom. The number of carbonyl (C=O) groups is 1. The highest BCUT2D eigenvalue weighted by Gasteiger charge is 2.29. The van der Waals surface area contributed by atoms with E-state index in [9.17, 15) is 9.18 Å². The van der Waals surface area contributed by atoms with E-state index < -0.39 is 0 Å². The molecule has 1 saturated heterocycles. The summed E-state index contributed by atoms with van der Waals surface area (Å²) >= 11 is 1.67. The average Bonchev–Trinajstić information content (AvgIpc) is 3.00. The van der Waals surface area contributed by atoms with Crippen molar-refractivity contribution < 1.29 is 13.9 Å². The van der Waals surface area contributed by atoms with Gasteiger partial charge in [0.15, 0.2) is 0 Å². The first-order valence-corrected chi connectivity index (χ1v) is 9.08. The Bertz CT molecular complexity index is 698. The number of benzene rings is 1. The first kappa shape index (κ1) is 17.1. The third kappa shape index (κ3) is 3.84. The Hall–Kier alpha value is -1.72. The molecule has 0 spiro atoms. The summed E-state index contributed by atoms with van der Waals surface area (Å²) in [4.78, 5) is 15.6. The van der Waals surface area contributed by atoms with Gasteiger partial charge in [-0.25, -0.2) is 4.39 Å². The zero-order chi connectivity index (χ0) is 17.1. The van der Waals surface area contributed by atoms with E-state index in [1.165, 1.54) is 17.0 Å². The van der Waals surface area contributed by atoms with Crippen LogP contribution < -0.4 is 0 Å². The van der Waals surface area contributed by atoms with Crippen molar-refractivity contribution in [3.8, 4) is 0 Å². The van der Waals surface area contributed by atoms with Crippen LogP contribution >= 0.6 is 11.3 Å². The number of carbonyl (C=O) groups excluding carboxylic acids is 1. The highest BCUT2D eigenvalue weighted by Crippen LogP contribution is 2.30. The third-order valence-electron chi connectivity index (χ3n) is 4.75. The van der Waals surface area contributed by atoms with E-state index in [-0.39, 0.29) is 23.9 Å². The van der Waals surface area contributed by atoms with Crippen LogP contribution in [0.3, 0.4) is 0 Å². The molecule has 0 unspecified atom stereocenters. The molecule has 0 aliphatic carbocycles. The first-order chi connectivity index (χ1) is 11.5. The summed E-state index contributed by atoms with van der Waals surface area (Å²) < 4.78 is 18.9. The number of hydrogen-bond acceptors (Lipinski definition) is 3. The minimum absolute atomic E-state index is 0.0810. The standard InChI is InChI=1S/C19H22FNO2S/c1-13-15(8-10-24-13)11-19(22)21(2)17-7-9-23-18(12-17)14-3-5-16(20)6-4-14/h3-6,8,10,17-18H,7,9,11-12H2,1-2H3/t17-,18+/m1/s1. The van der Waals surface area contributed by atoms with E-state index in [4.69, 9.17) is 4.74 Å². The van der Waals surface area contributed by atoms with Gasteiger partial charge in [0.1, 0.15) is 5.82 Å². The molecule has 1 aliphatic rings. The molecule has 128 valence electrons. The fourth-order valence-corrected chi connectivity index (χ4v) is 3.85. The molecule has 1 aromatic heterocycles. The highest BCUT2D eigenvalue weighted by atomic mass is 32.1. The zero-order valence-corrected chi connectivity index (χ0v) is 14.8. The van der Waals surface area contributed by atoms with E-state index in [2.05, 4.69) is 0 Å². The normalized spacial score (nSPS) is 20.8. The molecule has 0 bridgehead atoms. The molecule has 2 aromatic rings. The van der Waals surface area contributed by atoms with Crippen molar-refractivity contribution in [3.05, 3.63) is 57.5 Å². The van der Waals surface area contributed by atoms with E-state index >= 15 is 0 Å². The van der Waals surface area contributed by atoms with Gasteiger partial charge in [-0.2, -0.15) is 0 Å². The van der Waals surface area contributed by atoms with Crippen LogP contribution in [0, 0.1) is 12.7 Å². The molecular formula is C19H22FNO2S. The lowest BCUT2D eigenvalue weighted by Gasteiger charge is -2.35. The smallest absolute Gasteiger partial charge is 0.227 e. The lowest BCUT2D eigenvalue weighted by atomic mass is 9.96. The van der Waals surface area contributed by atoms with Gasteiger partial charge in [0, 0.05) is 24.6 Å². The molecule has 1 aromatic carbocycles. The molecule has 2 heterocycles. The molecule has 0 N–H and O–H groups in total. The number of likely N-dealkylation sites (N-methyl/N-ethyl adjacent to an activating group) is 1. The first-order valence-electron chi connectivity index (χ1n) is 8.20. The molecule has 1 fully saturated rings. The van der Waals surface area contributed by atoms with Crippen LogP contribution in [0.2, 0.25) is 0 Å². The van der Waals surface area contributed by atoms with Crippen molar-refractivity contribution in [2.75, 3.05) is 13.7 Å². The average molecular weight is 347 g/mol. The van der Waals surface area contributed by atoms with Gasteiger partial charge in [0.2, 0.25) is 5.91 Å². The molecular weight excluding hydrogens is 325 g/mol. The number of ether oxygens (including phenoxy) is 1. The van der Waals surface area contributed by atoms with Crippen molar-refractivity contribution in [1.29, 1.82) is 0 Å². The Labute approximate surface area is 146 Å². The number of rotatable bonds is 4. The number of nitrogens with zero attached hydrogens (tertiary/aromatic N) is 1. The van der Waals surface area contributed by atoms with Crippen molar-refractivity contribution in [1.82, 2.24) is 4.90 Å². The van der Waals surface area contributed by atoms with Crippen LogP contribution in [0.5, 0.6) is 0 Å². The minimum Gasteiger partial charge on any atom is -0.373 e. The van der Waals surface area contributed by atoms with E-state index in [0.29, 0.717) is 13.0 Å². The number of amides is 1. The van der Waals surface area contributed by atoms with Crippen molar-refractivity contribution in [3.63, 3.8) is 0 Å². The van der Waals surface area contributed by atoms with Crippen LogP contribution in [0.15, 0.2) is 35.7 Å². The second-order valence-electron chi connectivity index (χ2n) is 6.27. The van der Waals surface area contributed by atoms with E-state index in [1.54, 1.807) is 23.5 Å². The van der Waals surface area contributed by atoms with Crippen LogP contribution in [-0.2, 0) is 16.0 Å². The monoisotopic (exact) mass is 347 g/mol. The molecule has 5 heteroatoms. The maximum Gasteiger partial charge on any atom is 0.227 e. The lowest BCUT2D eigenvalue weighted by molar-refractivity contribution is -0.134. The predicted octanol–water partition coefficient (Wildman–Crippen LogP) is 4.12. The lowest BCUT2D eigenvalue weighted by Crippen LogP contribution is -2.42. The van der Waals surface area contributed by atoms with Crippen LogP contribution in [0.25, 0.3) is 0 Å². The van der Waals surface area contributed by atoms with Crippen LogP contribution in [-0.4, -0.2) is 30.5 Å². The molecule has 0 radical (unpaired) electrons. The summed E-state index contributed by atoms with van der Waals surface area (Å²) in [7, 11) is 1.88. The van der Waals surface area contributed by atoms with Crippen LogP contribution in [0.1, 0.15) is 34.9 Å². The van der Waals surface area contributed by atoms with Gasteiger partial charge in [-0.15, -0.1) is 11.3 Å². The Morgan fingerprint density at radius 2 is 2.08 bits per heavy atom. The fourth-order valence-electron chi connectivity index (χ4n) is 3.13. The highest BCUT2D eigenvalue weighted by molar-refractivity contribution is 7.10. The fraction of sp³-hybridized carbons (Fsp3) is 0.421. The molecule has 0 saturated carbocycles. The second-order valence-corrected chi connectivity index (χ2v) is 7.39. The quantitative estimate of drug-likeness (QED) is 0.833. The zero-order valence-electron chi connectivity index (χ0n) is 14.0. The molecule has 24 heavy (non-hydrogen) atoms. The van der Waals surface area contributed by atoms with Gasteiger partial charge in [0.05, 0.1) is 12.5 Å². The number of hydrogen-bond donors (Lipinski definition) is 0. The minimum atomic E-state index is -0.246. The van der Waals surface area contributed by atoms with Crippen LogP contribution in [0.4, 0.5) is 4.39 Å². The molecule has 1 amide bonds. The number of thiophene rings is 1. The van der Waals surface area contributed by atoms with Gasteiger partial charge in [0.25, 0.3) is 0 Å². The summed E-state index contributed by atoms with van der Waals surface area (Å²) in [5.41, 5.74) is 2.08. The summed E-state index contributed by atoms with van der Waals surface area (Å²) in [6, 6.07) is 8.61. The maximum absolute atomic E-state index is 13.1. The van der Waals surface area contributed by atoms with E-state index in [1.807, 2.05) is 30.3 Å². The molecule has 2 atom stereocenters. The van der Waals surface area contributed by atoms with Crippen molar-refractivity contribution >= 4 is 17.2 Å². The van der Waals surface area contributed by atoms with Gasteiger partial charge in [-0.1, -0.05) is 12.1 Å². The van der Waals surface area contributed by atoms with Gasteiger partial charge < -0.3 is 9.64 Å². The van der Waals surface area contributed by atoms with Crippen molar-refractivity contribution in [2.24, 2.45) is 0 Å². The predicted molar refractivity (Wildman–Crippen MR) is 93.6 cm³/mol. The van der Waals surface area contributed by atoms with E-state index in [0.717, 1.165) is 24.0 Å². The van der Waals surface area contributed by atoms with Gasteiger partial charge >= 0.3 is 0 Å². The largest absolute Gasteiger partial charge is 0.373 e. The number of aryl methyl sites for hydroxylation is 1. The van der Waals surface area contributed by atoms with Crippen molar-refractivity contribution in [2.45, 2.75) is 38.3 Å². The summed E-state index contributed by atoms with van der Waals surface area (Å²) in [6.07, 6.45) is 1.95. The van der Waals surface area contributed by atoms with Gasteiger partial charge in [-0.05, 0) is 54.5 Å². The Kier molecular flexibility index (Phi) is 5.31. The maximum atomic E-state index is 13.1. The van der Waals surface area contributed by atoms with Gasteiger partial charge in [-0.3, -0.25) is 4.79 Å². The molecule has 3 nitrogen and oxygen atoms in total. The Balaban J connectivity index is 1.64. The topological polar surface area (TPSA) is 29.5 Å². The number of halogens is 1. The summed E-state index contributed by atoms with van der Waals surface area (Å²) in [6.45, 7) is 2.66.